The molecule has 116 valence electrons. The molecule has 3 aromatic rings. The van der Waals surface area contributed by atoms with Gasteiger partial charge < -0.3 is 14.5 Å². The number of ether oxygens (including phenoxy) is 1. The molecule has 0 bridgehead atoms. The predicted molar refractivity (Wildman–Crippen MR) is 86.2 cm³/mol. The number of esters is 1. The van der Waals surface area contributed by atoms with Gasteiger partial charge in [-0.3, -0.25) is 4.79 Å². The zero-order valence-corrected chi connectivity index (χ0v) is 12.5. The van der Waals surface area contributed by atoms with Gasteiger partial charge in [0.25, 0.3) is 5.91 Å². The lowest BCUT2D eigenvalue weighted by Crippen LogP contribution is -2.29. The summed E-state index contributed by atoms with van der Waals surface area (Å²) in [6, 6.07) is 16.4. The highest BCUT2D eigenvalue weighted by Crippen LogP contribution is 2.23. The highest BCUT2D eigenvalue weighted by Gasteiger charge is 2.20. The summed E-state index contributed by atoms with van der Waals surface area (Å²) in [5.74, 6) is -1.01. The van der Waals surface area contributed by atoms with Gasteiger partial charge in [0.05, 0.1) is 6.26 Å². The largest absolute Gasteiger partial charge is 0.457 e. The summed E-state index contributed by atoms with van der Waals surface area (Å²) in [4.78, 5) is 24.0. The van der Waals surface area contributed by atoms with Crippen molar-refractivity contribution in [1.29, 1.82) is 0 Å². The first-order valence-corrected chi connectivity index (χ1v) is 7.18. The fourth-order valence-electron chi connectivity index (χ4n) is 2.24. The fraction of sp³-hybridized carbons (Fsp3) is 0.111. The summed E-state index contributed by atoms with van der Waals surface area (Å²) in [6.45, 7) is 1.52. The van der Waals surface area contributed by atoms with E-state index in [0.29, 0.717) is 5.69 Å². The number of rotatable bonds is 4. The highest BCUT2D eigenvalue weighted by atomic mass is 16.6. The molecular formula is C18H15NO4. The van der Waals surface area contributed by atoms with Crippen molar-refractivity contribution in [2.24, 2.45) is 0 Å². The van der Waals surface area contributed by atoms with Crippen molar-refractivity contribution in [1.82, 2.24) is 0 Å². The number of nitrogens with one attached hydrogen (secondary N) is 1. The molecule has 0 saturated carbocycles. The topological polar surface area (TPSA) is 68.5 Å². The third-order valence-electron chi connectivity index (χ3n) is 3.42. The second kappa shape index (κ2) is 6.36. The number of hydrogen-bond donors (Lipinski definition) is 1. The molecule has 1 aromatic heterocycles. The smallest absolute Gasteiger partial charge is 0.374 e. The lowest BCUT2D eigenvalue weighted by atomic mass is 10.1. The number of hydrogen-bond acceptors (Lipinski definition) is 4. The minimum Gasteiger partial charge on any atom is -0.457 e. The van der Waals surface area contributed by atoms with Crippen molar-refractivity contribution in [2.75, 3.05) is 5.32 Å². The van der Waals surface area contributed by atoms with Crippen molar-refractivity contribution in [2.45, 2.75) is 13.0 Å². The van der Waals surface area contributed by atoms with Crippen LogP contribution in [0.5, 0.6) is 0 Å². The number of carbonyl (C=O) groups excluding carboxylic acids is 2. The Kier molecular flexibility index (Phi) is 4.10. The minimum atomic E-state index is -0.938. The van der Waals surface area contributed by atoms with Crippen LogP contribution in [-0.2, 0) is 9.53 Å². The summed E-state index contributed by atoms with van der Waals surface area (Å²) in [5.41, 5.74) is 0.675. The summed E-state index contributed by atoms with van der Waals surface area (Å²) in [6.07, 6.45) is 0.434. The van der Waals surface area contributed by atoms with E-state index < -0.39 is 18.0 Å². The first-order valence-electron chi connectivity index (χ1n) is 7.18. The van der Waals surface area contributed by atoms with E-state index >= 15 is 0 Å². The van der Waals surface area contributed by atoms with Crippen molar-refractivity contribution in [3.63, 3.8) is 0 Å². The molecule has 5 nitrogen and oxygen atoms in total. The molecule has 5 heteroatoms. The van der Waals surface area contributed by atoms with Gasteiger partial charge in [-0.1, -0.05) is 36.4 Å². The monoisotopic (exact) mass is 309 g/mol. The number of anilines is 1. The van der Waals surface area contributed by atoms with Gasteiger partial charge in [0, 0.05) is 11.1 Å². The molecule has 0 radical (unpaired) electrons. The van der Waals surface area contributed by atoms with Crippen LogP contribution in [-0.4, -0.2) is 18.0 Å². The Morgan fingerprint density at radius 1 is 1.04 bits per heavy atom. The van der Waals surface area contributed by atoms with E-state index in [1.54, 1.807) is 12.1 Å². The summed E-state index contributed by atoms with van der Waals surface area (Å²) in [5, 5.41) is 4.73. The average Bonchev–Trinajstić information content (AvgIpc) is 3.09. The highest BCUT2D eigenvalue weighted by molar-refractivity contribution is 6.04. The number of benzene rings is 2. The fourth-order valence-corrected chi connectivity index (χ4v) is 2.24. The molecule has 0 aliphatic rings. The maximum absolute atomic E-state index is 12.2. The number of furan rings is 1. The van der Waals surface area contributed by atoms with Crippen LogP contribution in [0.15, 0.2) is 65.3 Å². The Labute approximate surface area is 132 Å². The summed E-state index contributed by atoms with van der Waals surface area (Å²) < 4.78 is 10.0. The molecular weight excluding hydrogens is 294 g/mol. The second-order valence-corrected chi connectivity index (χ2v) is 5.04. The van der Waals surface area contributed by atoms with Crippen LogP contribution in [0.3, 0.4) is 0 Å². The molecule has 1 amide bonds. The minimum absolute atomic E-state index is 0.0646. The molecule has 0 saturated heterocycles. The van der Waals surface area contributed by atoms with Gasteiger partial charge in [-0.05, 0) is 30.5 Å². The van der Waals surface area contributed by atoms with E-state index in [1.165, 1.54) is 19.3 Å². The van der Waals surface area contributed by atoms with Crippen molar-refractivity contribution >= 4 is 28.3 Å². The molecule has 0 spiro atoms. The van der Waals surface area contributed by atoms with Gasteiger partial charge in [0.2, 0.25) is 5.76 Å². The predicted octanol–water partition coefficient (Wildman–Crippen LogP) is 3.62. The molecule has 0 aliphatic heterocycles. The molecule has 0 fully saturated rings. The van der Waals surface area contributed by atoms with Crippen LogP contribution in [0.1, 0.15) is 17.5 Å². The zero-order chi connectivity index (χ0) is 16.2. The Bertz CT molecular complexity index is 834. The van der Waals surface area contributed by atoms with Crippen LogP contribution >= 0.6 is 0 Å². The molecule has 23 heavy (non-hydrogen) atoms. The van der Waals surface area contributed by atoms with E-state index in [0.717, 1.165) is 10.8 Å². The number of amides is 1. The van der Waals surface area contributed by atoms with Crippen LogP contribution in [0.25, 0.3) is 10.8 Å². The average molecular weight is 309 g/mol. The normalized spacial score (nSPS) is 11.9. The number of fused-ring (bicyclic) bond motifs is 1. The van der Waals surface area contributed by atoms with E-state index in [-0.39, 0.29) is 5.76 Å². The van der Waals surface area contributed by atoms with Crippen molar-refractivity contribution in [3.05, 3.63) is 66.6 Å². The van der Waals surface area contributed by atoms with Crippen molar-refractivity contribution < 1.29 is 18.7 Å². The SMILES string of the molecule is CC(OC(=O)c1ccco1)C(=O)Nc1cccc2ccccc12. The lowest BCUT2D eigenvalue weighted by Gasteiger charge is -2.14. The third-order valence-corrected chi connectivity index (χ3v) is 3.42. The molecule has 0 aliphatic carbocycles. The maximum Gasteiger partial charge on any atom is 0.374 e. The first-order chi connectivity index (χ1) is 11.1. The van der Waals surface area contributed by atoms with Crippen LogP contribution in [0.2, 0.25) is 0 Å². The van der Waals surface area contributed by atoms with Crippen LogP contribution in [0.4, 0.5) is 5.69 Å². The third kappa shape index (κ3) is 3.23. The Morgan fingerprint density at radius 3 is 2.61 bits per heavy atom. The Morgan fingerprint density at radius 2 is 1.83 bits per heavy atom. The second-order valence-electron chi connectivity index (χ2n) is 5.04. The first kappa shape index (κ1) is 14.8. The number of carbonyl (C=O) groups is 2. The molecule has 1 heterocycles. The van der Waals surface area contributed by atoms with E-state index in [2.05, 4.69) is 5.32 Å². The van der Waals surface area contributed by atoms with Crippen molar-refractivity contribution in [3.8, 4) is 0 Å². The standard InChI is InChI=1S/C18H15NO4/c1-12(23-18(21)16-10-5-11-22-16)17(20)19-15-9-4-7-13-6-2-3-8-14(13)15/h2-12H,1H3,(H,19,20). The maximum atomic E-state index is 12.2. The Hall–Kier alpha value is -3.08. The molecule has 1 N–H and O–H groups in total. The molecule has 1 atom stereocenters. The summed E-state index contributed by atoms with van der Waals surface area (Å²) in [7, 11) is 0. The Balaban J connectivity index is 1.72. The van der Waals surface area contributed by atoms with Gasteiger partial charge in [-0.15, -0.1) is 0 Å². The van der Waals surface area contributed by atoms with Crippen LogP contribution < -0.4 is 5.32 Å². The van der Waals surface area contributed by atoms with Gasteiger partial charge >= 0.3 is 5.97 Å². The molecule has 1 unspecified atom stereocenters. The van der Waals surface area contributed by atoms with Gasteiger partial charge in [0.15, 0.2) is 6.10 Å². The van der Waals surface area contributed by atoms with Gasteiger partial charge in [-0.2, -0.15) is 0 Å². The lowest BCUT2D eigenvalue weighted by molar-refractivity contribution is -0.123. The van der Waals surface area contributed by atoms with E-state index in [1.807, 2.05) is 36.4 Å². The van der Waals surface area contributed by atoms with E-state index in [9.17, 15) is 9.59 Å². The molecule has 3 rings (SSSR count). The quantitative estimate of drug-likeness (QED) is 0.747. The van der Waals surface area contributed by atoms with Crippen LogP contribution in [0, 0.1) is 0 Å². The van der Waals surface area contributed by atoms with Gasteiger partial charge in [0.1, 0.15) is 0 Å². The summed E-state index contributed by atoms with van der Waals surface area (Å²) >= 11 is 0. The van der Waals surface area contributed by atoms with E-state index in [4.69, 9.17) is 9.15 Å². The van der Waals surface area contributed by atoms with Gasteiger partial charge in [-0.25, -0.2) is 4.79 Å². The zero-order valence-electron chi connectivity index (χ0n) is 12.5. The molecule has 2 aromatic carbocycles.